The summed E-state index contributed by atoms with van der Waals surface area (Å²) in [5, 5.41) is 0. The Balaban J connectivity index is 2.39. The van der Waals surface area contributed by atoms with Crippen molar-refractivity contribution in [1.82, 2.24) is 0 Å². The molecule has 0 unspecified atom stereocenters. The highest BCUT2D eigenvalue weighted by Crippen LogP contribution is 2.18. The summed E-state index contributed by atoms with van der Waals surface area (Å²) in [7, 11) is 0. The van der Waals surface area contributed by atoms with E-state index in [9.17, 15) is 9.18 Å². The molecule has 0 aliphatic heterocycles. The van der Waals surface area contributed by atoms with Gasteiger partial charge >= 0.3 is 0 Å². The molecule has 0 saturated carbocycles. The lowest BCUT2D eigenvalue weighted by molar-refractivity contribution is 0.103. The van der Waals surface area contributed by atoms with Gasteiger partial charge < -0.3 is 0 Å². The van der Waals surface area contributed by atoms with Crippen LogP contribution in [0.3, 0.4) is 0 Å². The van der Waals surface area contributed by atoms with Crippen molar-refractivity contribution in [3.8, 4) is 0 Å². The largest absolute Gasteiger partial charge is 0.288 e. The van der Waals surface area contributed by atoms with Gasteiger partial charge in [0.05, 0.1) is 5.57 Å². The molecule has 2 rings (SSSR count). The van der Waals surface area contributed by atoms with Crippen LogP contribution in [0, 0.1) is 0 Å². The molecule has 2 heteroatoms. The predicted octanol–water partition coefficient (Wildman–Crippen LogP) is 3.61. The molecule has 0 saturated heterocycles. The third-order valence-electron chi connectivity index (χ3n) is 2.36. The molecule has 0 heterocycles. The number of carbonyl (C=O) groups is 1. The van der Waals surface area contributed by atoms with Crippen molar-refractivity contribution in [3.63, 3.8) is 0 Å². The second-order valence-electron chi connectivity index (χ2n) is 3.50. The first kappa shape index (κ1) is 10.6. The minimum atomic E-state index is -0.470. The van der Waals surface area contributed by atoms with Crippen LogP contribution in [-0.2, 0) is 0 Å². The van der Waals surface area contributed by atoms with Gasteiger partial charge in [-0.15, -0.1) is 0 Å². The molecule has 0 bridgehead atoms. The van der Waals surface area contributed by atoms with Crippen LogP contribution in [0.25, 0.3) is 0 Å². The third-order valence-corrected chi connectivity index (χ3v) is 2.36. The lowest BCUT2D eigenvalue weighted by Crippen LogP contribution is -2.02. The van der Waals surface area contributed by atoms with Gasteiger partial charge in [-0.1, -0.05) is 48.6 Å². The number of Topliss-reactive ketones (excluding diaryl/α,β-unsaturated/α-hetero) is 1. The van der Waals surface area contributed by atoms with E-state index in [1.165, 1.54) is 6.08 Å². The summed E-state index contributed by atoms with van der Waals surface area (Å²) in [6, 6.07) is 8.73. The summed E-state index contributed by atoms with van der Waals surface area (Å²) in [5.41, 5.74) is 0.632. The third kappa shape index (κ3) is 2.16. The molecule has 1 aromatic rings. The maximum atomic E-state index is 13.6. The molecule has 16 heavy (non-hydrogen) atoms. The molecule has 0 spiro atoms. The first-order valence-corrected chi connectivity index (χ1v) is 5.11. The SMILES string of the molecule is O=C(C1=C(F)C=CCC=C1)c1ccccc1. The second kappa shape index (κ2) is 4.71. The number of benzene rings is 1. The number of allylic oxidation sites excluding steroid dienone is 6. The zero-order valence-electron chi connectivity index (χ0n) is 8.69. The Kier molecular flexibility index (Phi) is 3.10. The lowest BCUT2D eigenvalue weighted by Gasteiger charge is -2.01. The molecule has 0 aromatic heterocycles. The van der Waals surface area contributed by atoms with Crippen molar-refractivity contribution in [2.24, 2.45) is 0 Å². The maximum Gasteiger partial charge on any atom is 0.195 e. The van der Waals surface area contributed by atoms with Crippen LogP contribution >= 0.6 is 0 Å². The fourth-order valence-corrected chi connectivity index (χ4v) is 1.53. The smallest absolute Gasteiger partial charge is 0.195 e. The molecule has 1 aromatic carbocycles. The highest BCUT2D eigenvalue weighted by molar-refractivity contribution is 6.11. The molecule has 80 valence electrons. The molecule has 1 aliphatic rings. The summed E-state index contributed by atoms with van der Waals surface area (Å²) in [6.07, 6.45) is 7.01. The molecule has 0 N–H and O–H groups in total. The van der Waals surface area contributed by atoms with Crippen molar-refractivity contribution >= 4 is 5.78 Å². The Hall–Kier alpha value is -1.96. The molecule has 0 atom stereocenters. The van der Waals surface area contributed by atoms with Gasteiger partial charge in [-0.3, -0.25) is 4.79 Å². The number of carbonyl (C=O) groups excluding carboxylic acids is 1. The van der Waals surface area contributed by atoms with E-state index >= 15 is 0 Å². The predicted molar refractivity (Wildman–Crippen MR) is 61.8 cm³/mol. The van der Waals surface area contributed by atoms with E-state index in [-0.39, 0.29) is 11.4 Å². The summed E-state index contributed by atoms with van der Waals surface area (Å²) >= 11 is 0. The lowest BCUT2D eigenvalue weighted by atomic mass is 10.0. The fourth-order valence-electron chi connectivity index (χ4n) is 1.53. The Morgan fingerprint density at radius 3 is 2.50 bits per heavy atom. The van der Waals surface area contributed by atoms with Gasteiger partial charge in [0.15, 0.2) is 5.78 Å². The molecule has 0 amide bonds. The zero-order chi connectivity index (χ0) is 11.4. The highest BCUT2D eigenvalue weighted by atomic mass is 19.1. The molecule has 1 aliphatic carbocycles. The Morgan fingerprint density at radius 1 is 1.06 bits per heavy atom. The minimum Gasteiger partial charge on any atom is -0.288 e. The van der Waals surface area contributed by atoms with Crippen molar-refractivity contribution < 1.29 is 9.18 Å². The van der Waals surface area contributed by atoms with Gasteiger partial charge in [0.1, 0.15) is 5.83 Å². The first-order valence-electron chi connectivity index (χ1n) is 5.11. The number of hydrogen-bond donors (Lipinski definition) is 0. The van der Waals surface area contributed by atoms with Crippen LogP contribution in [0.1, 0.15) is 16.8 Å². The average Bonchev–Trinajstić information content (AvgIpc) is 2.54. The average molecular weight is 214 g/mol. The van der Waals surface area contributed by atoms with E-state index in [2.05, 4.69) is 0 Å². The Bertz CT molecular complexity index is 481. The number of hydrogen-bond acceptors (Lipinski definition) is 1. The van der Waals surface area contributed by atoms with Crippen LogP contribution in [0.5, 0.6) is 0 Å². The van der Waals surface area contributed by atoms with E-state index in [0.29, 0.717) is 12.0 Å². The molecule has 1 nitrogen and oxygen atoms in total. The maximum absolute atomic E-state index is 13.6. The second-order valence-corrected chi connectivity index (χ2v) is 3.50. The van der Waals surface area contributed by atoms with Crippen molar-refractivity contribution in [3.05, 3.63) is 71.6 Å². The topological polar surface area (TPSA) is 17.1 Å². The number of rotatable bonds is 2. The molecule has 0 radical (unpaired) electrons. The van der Waals surface area contributed by atoms with Gasteiger partial charge in [0.25, 0.3) is 0 Å². The van der Waals surface area contributed by atoms with E-state index in [1.54, 1.807) is 42.5 Å². The van der Waals surface area contributed by atoms with Crippen LogP contribution < -0.4 is 0 Å². The zero-order valence-corrected chi connectivity index (χ0v) is 8.69. The van der Waals surface area contributed by atoms with Gasteiger partial charge in [0, 0.05) is 5.56 Å². The fraction of sp³-hybridized carbons (Fsp3) is 0.0714. The van der Waals surface area contributed by atoms with Crippen LogP contribution in [0.2, 0.25) is 0 Å². The van der Waals surface area contributed by atoms with Gasteiger partial charge in [0.2, 0.25) is 0 Å². The van der Waals surface area contributed by atoms with Crippen molar-refractivity contribution in [2.75, 3.05) is 0 Å². The number of halogens is 1. The van der Waals surface area contributed by atoms with E-state index < -0.39 is 5.83 Å². The van der Waals surface area contributed by atoms with E-state index in [4.69, 9.17) is 0 Å². The van der Waals surface area contributed by atoms with Crippen molar-refractivity contribution in [1.29, 1.82) is 0 Å². The monoisotopic (exact) mass is 214 g/mol. The number of ketones is 1. The minimum absolute atomic E-state index is 0.125. The Labute approximate surface area is 93.6 Å². The standard InChI is InChI=1S/C14H11FO/c15-13-10-6-2-5-9-12(13)14(16)11-7-3-1-4-8-11/h1,3-10H,2H2. The normalized spacial score (nSPS) is 15.1. The van der Waals surface area contributed by atoms with E-state index in [0.717, 1.165) is 0 Å². The first-order chi connectivity index (χ1) is 7.79. The van der Waals surface area contributed by atoms with Gasteiger partial charge in [-0.2, -0.15) is 0 Å². The quantitative estimate of drug-likeness (QED) is 0.687. The highest BCUT2D eigenvalue weighted by Gasteiger charge is 2.14. The van der Waals surface area contributed by atoms with Gasteiger partial charge in [-0.25, -0.2) is 4.39 Å². The summed E-state index contributed by atoms with van der Waals surface area (Å²) in [5.74, 6) is -0.747. The molecular weight excluding hydrogens is 203 g/mol. The summed E-state index contributed by atoms with van der Waals surface area (Å²) in [4.78, 5) is 12.0. The van der Waals surface area contributed by atoms with Crippen LogP contribution in [-0.4, -0.2) is 5.78 Å². The van der Waals surface area contributed by atoms with Crippen LogP contribution in [0.4, 0.5) is 4.39 Å². The molecular formula is C14H11FO. The Morgan fingerprint density at radius 2 is 1.75 bits per heavy atom. The van der Waals surface area contributed by atoms with Crippen molar-refractivity contribution in [2.45, 2.75) is 6.42 Å². The van der Waals surface area contributed by atoms with E-state index in [1.807, 2.05) is 6.07 Å². The summed E-state index contributed by atoms with van der Waals surface area (Å²) < 4.78 is 13.6. The summed E-state index contributed by atoms with van der Waals surface area (Å²) in [6.45, 7) is 0. The molecule has 0 fully saturated rings. The van der Waals surface area contributed by atoms with Crippen LogP contribution in [0.15, 0.2) is 66.0 Å². The van der Waals surface area contributed by atoms with Gasteiger partial charge in [-0.05, 0) is 12.5 Å².